The van der Waals surface area contributed by atoms with Crippen LogP contribution in [-0.4, -0.2) is 36.6 Å². The molecule has 0 aliphatic heterocycles. The minimum atomic E-state index is 0.186. The standard InChI is InChI=1S/C11H22N2/c1-7-8-13(6)10(2)9-12-11(3,4)5/h1,10,12H,8-9H2,2-6H3. The Morgan fingerprint density at radius 3 is 2.38 bits per heavy atom. The van der Waals surface area contributed by atoms with Gasteiger partial charge in [-0.1, -0.05) is 5.92 Å². The molecule has 0 saturated carbocycles. The van der Waals surface area contributed by atoms with E-state index in [2.05, 4.69) is 50.9 Å². The average molecular weight is 182 g/mol. The largest absolute Gasteiger partial charge is 0.311 e. The van der Waals surface area contributed by atoms with E-state index in [1.165, 1.54) is 0 Å². The van der Waals surface area contributed by atoms with Crippen LogP contribution in [0, 0.1) is 12.3 Å². The smallest absolute Gasteiger partial charge is 0.0599 e. The third kappa shape index (κ3) is 6.62. The summed E-state index contributed by atoms with van der Waals surface area (Å²) in [5.74, 6) is 2.64. The summed E-state index contributed by atoms with van der Waals surface area (Å²) in [5, 5.41) is 3.45. The van der Waals surface area contributed by atoms with Gasteiger partial charge in [-0.15, -0.1) is 6.42 Å². The fraction of sp³-hybridized carbons (Fsp3) is 0.818. The molecule has 0 aromatic heterocycles. The highest BCUT2D eigenvalue weighted by atomic mass is 15.1. The number of hydrogen-bond acceptors (Lipinski definition) is 2. The molecule has 2 heteroatoms. The first-order valence-electron chi connectivity index (χ1n) is 4.75. The highest BCUT2D eigenvalue weighted by Gasteiger charge is 2.13. The van der Waals surface area contributed by atoms with Gasteiger partial charge in [0.25, 0.3) is 0 Å². The molecule has 0 amide bonds. The predicted molar refractivity (Wildman–Crippen MR) is 58.7 cm³/mol. The lowest BCUT2D eigenvalue weighted by Gasteiger charge is -2.28. The molecule has 0 rings (SSSR count). The van der Waals surface area contributed by atoms with Gasteiger partial charge < -0.3 is 5.32 Å². The van der Waals surface area contributed by atoms with E-state index < -0.39 is 0 Å². The van der Waals surface area contributed by atoms with Crippen molar-refractivity contribution in [3.8, 4) is 12.3 Å². The monoisotopic (exact) mass is 182 g/mol. The molecule has 1 unspecified atom stereocenters. The maximum atomic E-state index is 5.24. The Labute approximate surface area is 82.7 Å². The lowest BCUT2D eigenvalue weighted by atomic mass is 10.1. The highest BCUT2D eigenvalue weighted by molar-refractivity contribution is 4.89. The van der Waals surface area contributed by atoms with Crippen molar-refractivity contribution in [1.29, 1.82) is 0 Å². The van der Waals surface area contributed by atoms with Crippen LogP contribution in [0.25, 0.3) is 0 Å². The Morgan fingerprint density at radius 2 is 2.00 bits per heavy atom. The number of terminal acetylenes is 1. The molecule has 1 atom stereocenters. The van der Waals surface area contributed by atoms with Crippen molar-refractivity contribution in [2.24, 2.45) is 0 Å². The van der Waals surface area contributed by atoms with Crippen LogP contribution in [0.3, 0.4) is 0 Å². The van der Waals surface area contributed by atoms with Crippen molar-refractivity contribution in [2.45, 2.75) is 39.3 Å². The van der Waals surface area contributed by atoms with Crippen molar-refractivity contribution in [3.05, 3.63) is 0 Å². The minimum absolute atomic E-state index is 0.186. The minimum Gasteiger partial charge on any atom is -0.311 e. The van der Waals surface area contributed by atoms with Gasteiger partial charge in [0, 0.05) is 18.1 Å². The summed E-state index contributed by atoms with van der Waals surface area (Å²) in [6, 6.07) is 0.482. The first-order chi connectivity index (χ1) is 5.87. The van der Waals surface area contributed by atoms with Crippen LogP contribution in [0.4, 0.5) is 0 Å². The van der Waals surface area contributed by atoms with Crippen LogP contribution in [-0.2, 0) is 0 Å². The molecule has 0 aromatic carbocycles. The molecule has 0 spiro atoms. The summed E-state index contributed by atoms with van der Waals surface area (Å²) in [7, 11) is 2.05. The predicted octanol–water partition coefficient (Wildman–Crippen LogP) is 1.33. The zero-order chi connectivity index (χ0) is 10.5. The van der Waals surface area contributed by atoms with Crippen molar-refractivity contribution in [2.75, 3.05) is 20.1 Å². The van der Waals surface area contributed by atoms with Gasteiger partial charge in [0.1, 0.15) is 0 Å². The van der Waals surface area contributed by atoms with Gasteiger partial charge in [-0.3, -0.25) is 4.90 Å². The molecule has 0 heterocycles. The molecule has 0 bridgehead atoms. The number of nitrogens with one attached hydrogen (secondary N) is 1. The fourth-order valence-corrected chi connectivity index (χ4v) is 0.910. The fourth-order valence-electron chi connectivity index (χ4n) is 0.910. The molecular weight excluding hydrogens is 160 g/mol. The molecule has 2 nitrogen and oxygen atoms in total. The van der Waals surface area contributed by atoms with E-state index in [-0.39, 0.29) is 5.54 Å². The van der Waals surface area contributed by atoms with Crippen molar-refractivity contribution >= 4 is 0 Å². The quantitative estimate of drug-likeness (QED) is 0.660. The number of likely N-dealkylation sites (N-methyl/N-ethyl adjacent to an activating group) is 1. The van der Waals surface area contributed by atoms with E-state index in [4.69, 9.17) is 6.42 Å². The normalized spacial score (nSPS) is 14.2. The van der Waals surface area contributed by atoms with Crippen LogP contribution in [0.2, 0.25) is 0 Å². The van der Waals surface area contributed by atoms with E-state index in [1.807, 2.05) is 0 Å². The van der Waals surface area contributed by atoms with Crippen molar-refractivity contribution in [1.82, 2.24) is 10.2 Å². The molecule has 0 radical (unpaired) electrons. The molecule has 1 N–H and O–H groups in total. The molecule has 13 heavy (non-hydrogen) atoms. The van der Waals surface area contributed by atoms with Gasteiger partial charge in [0.2, 0.25) is 0 Å². The molecule has 0 aliphatic carbocycles. The molecule has 0 fully saturated rings. The molecular formula is C11H22N2. The second kappa shape index (κ2) is 5.26. The highest BCUT2D eigenvalue weighted by Crippen LogP contribution is 2.00. The number of hydrogen-bond donors (Lipinski definition) is 1. The maximum Gasteiger partial charge on any atom is 0.0599 e. The van der Waals surface area contributed by atoms with Gasteiger partial charge in [-0.05, 0) is 34.7 Å². The zero-order valence-corrected chi connectivity index (χ0v) is 9.52. The number of nitrogens with zero attached hydrogens (tertiary/aromatic N) is 1. The SMILES string of the molecule is C#CCN(C)C(C)CNC(C)(C)C. The maximum absolute atomic E-state index is 5.24. The summed E-state index contributed by atoms with van der Waals surface area (Å²) < 4.78 is 0. The summed E-state index contributed by atoms with van der Waals surface area (Å²) in [5.41, 5.74) is 0.186. The van der Waals surface area contributed by atoms with Gasteiger partial charge in [0.05, 0.1) is 6.54 Å². The second-order valence-electron chi connectivity index (χ2n) is 4.60. The second-order valence-corrected chi connectivity index (χ2v) is 4.60. The topological polar surface area (TPSA) is 15.3 Å². The van der Waals surface area contributed by atoms with E-state index >= 15 is 0 Å². The first kappa shape index (κ1) is 12.5. The van der Waals surface area contributed by atoms with Crippen molar-refractivity contribution in [3.63, 3.8) is 0 Å². The molecule has 0 aliphatic rings. The Hall–Kier alpha value is -0.520. The third-order valence-corrected chi connectivity index (χ3v) is 2.02. The van der Waals surface area contributed by atoms with Crippen LogP contribution >= 0.6 is 0 Å². The first-order valence-corrected chi connectivity index (χ1v) is 4.75. The van der Waals surface area contributed by atoms with E-state index in [9.17, 15) is 0 Å². The Kier molecular flexibility index (Phi) is 5.05. The van der Waals surface area contributed by atoms with E-state index in [0.29, 0.717) is 12.6 Å². The van der Waals surface area contributed by atoms with Crippen LogP contribution < -0.4 is 5.32 Å². The summed E-state index contributed by atoms with van der Waals surface area (Å²) in [6.45, 7) is 10.4. The third-order valence-electron chi connectivity index (χ3n) is 2.02. The summed E-state index contributed by atoms with van der Waals surface area (Å²) in [4.78, 5) is 2.17. The summed E-state index contributed by atoms with van der Waals surface area (Å²) in [6.07, 6.45) is 5.24. The van der Waals surface area contributed by atoms with Gasteiger partial charge in [-0.2, -0.15) is 0 Å². The van der Waals surface area contributed by atoms with E-state index in [0.717, 1.165) is 6.54 Å². The Balaban J connectivity index is 3.75. The summed E-state index contributed by atoms with van der Waals surface area (Å²) >= 11 is 0. The average Bonchev–Trinajstić information content (AvgIpc) is 1.99. The molecule has 0 aromatic rings. The van der Waals surface area contributed by atoms with Crippen molar-refractivity contribution < 1.29 is 0 Å². The van der Waals surface area contributed by atoms with Gasteiger partial charge in [-0.25, -0.2) is 0 Å². The molecule has 76 valence electrons. The Morgan fingerprint density at radius 1 is 1.46 bits per heavy atom. The number of rotatable bonds is 4. The molecule has 0 saturated heterocycles. The van der Waals surface area contributed by atoms with Gasteiger partial charge in [0.15, 0.2) is 0 Å². The Bertz CT molecular complexity index is 174. The van der Waals surface area contributed by atoms with E-state index in [1.54, 1.807) is 0 Å². The lowest BCUT2D eigenvalue weighted by Crippen LogP contribution is -2.45. The van der Waals surface area contributed by atoms with Crippen LogP contribution in [0.5, 0.6) is 0 Å². The lowest BCUT2D eigenvalue weighted by molar-refractivity contribution is 0.259. The van der Waals surface area contributed by atoms with Crippen LogP contribution in [0.15, 0.2) is 0 Å². The van der Waals surface area contributed by atoms with Gasteiger partial charge >= 0.3 is 0 Å². The van der Waals surface area contributed by atoms with Crippen LogP contribution in [0.1, 0.15) is 27.7 Å². The zero-order valence-electron chi connectivity index (χ0n) is 9.52.